The van der Waals surface area contributed by atoms with Crippen LogP contribution >= 0.6 is 22.9 Å². The second-order valence-corrected chi connectivity index (χ2v) is 5.36. The Bertz CT molecular complexity index is 612. The van der Waals surface area contributed by atoms with E-state index >= 15 is 0 Å². The van der Waals surface area contributed by atoms with Gasteiger partial charge in [-0.2, -0.15) is 0 Å². The van der Waals surface area contributed by atoms with Gasteiger partial charge in [0.1, 0.15) is 5.69 Å². The minimum atomic E-state index is 0.718. The van der Waals surface area contributed by atoms with Gasteiger partial charge in [0.25, 0.3) is 0 Å². The number of aromatic nitrogens is 2. The van der Waals surface area contributed by atoms with E-state index in [9.17, 15) is 0 Å². The van der Waals surface area contributed by atoms with Crippen molar-refractivity contribution in [3.63, 3.8) is 0 Å². The molecule has 3 aromatic heterocycles. The van der Waals surface area contributed by atoms with Crippen LogP contribution in [0.15, 0.2) is 47.2 Å². The van der Waals surface area contributed by atoms with Crippen molar-refractivity contribution in [3.05, 3.63) is 52.8 Å². The number of thiophene rings is 1. The van der Waals surface area contributed by atoms with Crippen LogP contribution in [-0.4, -0.2) is 9.72 Å². The first kappa shape index (κ1) is 10.6. The van der Waals surface area contributed by atoms with Gasteiger partial charge in [0.05, 0.1) is 15.8 Å². The molecule has 3 nitrogen and oxygen atoms in total. The smallest absolute Gasteiger partial charge is 0.177 e. The van der Waals surface area contributed by atoms with Crippen LogP contribution in [0.25, 0.3) is 10.6 Å². The molecule has 5 heteroatoms. The van der Waals surface area contributed by atoms with Crippen molar-refractivity contribution in [2.75, 3.05) is 0 Å². The molecule has 3 heterocycles. The fraction of sp³-hybridized carbons (Fsp3) is 0.0833. The summed E-state index contributed by atoms with van der Waals surface area (Å²) >= 11 is 7.37. The fourth-order valence-electron chi connectivity index (χ4n) is 1.61. The third-order valence-electron chi connectivity index (χ3n) is 2.39. The first-order chi connectivity index (χ1) is 8.31. The van der Waals surface area contributed by atoms with Crippen LogP contribution in [0.5, 0.6) is 0 Å². The lowest BCUT2D eigenvalue weighted by Gasteiger charge is -1.95. The molecule has 0 radical (unpaired) electrons. The maximum Gasteiger partial charge on any atom is 0.177 e. The number of halogens is 1. The monoisotopic (exact) mass is 264 g/mol. The molecule has 0 aliphatic rings. The van der Waals surface area contributed by atoms with Crippen LogP contribution in [-0.2, 0) is 6.54 Å². The molecule has 0 aliphatic carbocycles. The molecule has 0 bridgehead atoms. The van der Waals surface area contributed by atoms with Crippen LogP contribution in [0.1, 0.15) is 5.69 Å². The lowest BCUT2D eigenvalue weighted by atomic mass is 10.3. The minimum absolute atomic E-state index is 0.718. The Morgan fingerprint density at radius 1 is 1.29 bits per heavy atom. The summed E-state index contributed by atoms with van der Waals surface area (Å²) in [4.78, 5) is 1.00. The first-order valence-corrected chi connectivity index (χ1v) is 6.33. The minimum Gasteiger partial charge on any atom is -0.355 e. The molecule has 0 N–H and O–H groups in total. The third kappa shape index (κ3) is 2.28. The summed E-state index contributed by atoms with van der Waals surface area (Å²) < 4.78 is 8.10. The van der Waals surface area contributed by atoms with Gasteiger partial charge in [-0.05, 0) is 24.3 Å². The summed E-state index contributed by atoms with van der Waals surface area (Å²) in [6.07, 6.45) is 3.99. The van der Waals surface area contributed by atoms with Crippen LogP contribution in [0.3, 0.4) is 0 Å². The van der Waals surface area contributed by atoms with Gasteiger partial charge in [0, 0.05) is 18.5 Å². The molecule has 3 aromatic rings. The van der Waals surface area contributed by atoms with Crippen LogP contribution in [0.4, 0.5) is 0 Å². The first-order valence-electron chi connectivity index (χ1n) is 5.13. The van der Waals surface area contributed by atoms with Gasteiger partial charge in [0.15, 0.2) is 5.76 Å². The Labute approximate surface area is 107 Å². The van der Waals surface area contributed by atoms with E-state index in [1.165, 1.54) is 11.3 Å². The molecular formula is C12H9ClN2OS. The van der Waals surface area contributed by atoms with Crippen molar-refractivity contribution in [1.82, 2.24) is 9.72 Å². The van der Waals surface area contributed by atoms with E-state index in [2.05, 4.69) is 5.16 Å². The van der Waals surface area contributed by atoms with Gasteiger partial charge in [-0.3, -0.25) is 0 Å². The molecule has 3 rings (SSSR count). The third-order valence-corrected chi connectivity index (χ3v) is 3.63. The standard InChI is InChI=1S/C12H9ClN2OS/c13-12-4-3-11(17-12)10-7-9(14-16-10)8-15-5-1-2-6-15/h1-7H,8H2. The normalized spacial score (nSPS) is 10.9. The molecule has 0 atom stereocenters. The molecule has 0 amide bonds. The Morgan fingerprint density at radius 2 is 2.12 bits per heavy atom. The van der Waals surface area contributed by atoms with E-state index < -0.39 is 0 Å². The number of hydrogen-bond acceptors (Lipinski definition) is 3. The lowest BCUT2D eigenvalue weighted by molar-refractivity contribution is 0.422. The highest BCUT2D eigenvalue weighted by Crippen LogP contribution is 2.31. The lowest BCUT2D eigenvalue weighted by Crippen LogP contribution is -1.95. The molecule has 17 heavy (non-hydrogen) atoms. The number of nitrogens with zero attached hydrogens (tertiary/aromatic N) is 2. The van der Waals surface area contributed by atoms with E-state index in [0.717, 1.165) is 27.2 Å². The highest BCUT2D eigenvalue weighted by molar-refractivity contribution is 7.19. The Kier molecular flexibility index (Phi) is 2.74. The molecule has 0 saturated carbocycles. The summed E-state index contributed by atoms with van der Waals surface area (Å²) in [6.45, 7) is 0.718. The highest BCUT2D eigenvalue weighted by Gasteiger charge is 2.09. The van der Waals surface area contributed by atoms with Gasteiger partial charge < -0.3 is 9.09 Å². The fourth-order valence-corrected chi connectivity index (χ4v) is 2.60. The van der Waals surface area contributed by atoms with Crippen LogP contribution in [0.2, 0.25) is 4.34 Å². The quantitative estimate of drug-likeness (QED) is 0.718. The summed E-state index contributed by atoms with van der Waals surface area (Å²) in [5.74, 6) is 0.768. The summed E-state index contributed by atoms with van der Waals surface area (Å²) in [5, 5.41) is 4.04. The Balaban J connectivity index is 1.83. The van der Waals surface area contributed by atoms with E-state index in [-0.39, 0.29) is 0 Å². The van der Waals surface area contributed by atoms with E-state index in [4.69, 9.17) is 16.1 Å². The average Bonchev–Trinajstić information content (AvgIpc) is 2.99. The highest BCUT2D eigenvalue weighted by atomic mass is 35.5. The summed E-state index contributed by atoms with van der Waals surface area (Å²) in [7, 11) is 0. The SMILES string of the molecule is Clc1ccc(-c2cc(Cn3cccc3)no2)s1. The van der Waals surface area contributed by atoms with E-state index in [1.807, 2.05) is 47.3 Å². The van der Waals surface area contributed by atoms with Crippen molar-refractivity contribution >= 4 is 22.9 Å². The van der Waals surface area contributed by atoms with Gasteiger partial charge >= 0.3 is 0 Å². The topological polar surface area (TPSA) is 31.0 Å². The van der Waals surface area contributed by atoms with Crippen LogP contribution in [0, 0.1) is 0 Å². The van der Waals surface area contributed by atoms with Crippen molar-refractivity contribution < 1.29 is 4.52 Å². The predicted molar refractivity (Wildman–Crippen MR) is 68.4 cm³/mol. The van der Waals surface area contributed by atoms with Crippen molar-refractivity contribution in [3.8, 4) is 10.6 Å². The molecule has 0 fully saturated rings. The molecule has 0 spiro atoms. The summed E-state index contributed by atoms with van der Waals surface area (Å²) in [6, 6.07) is 9.71. The van der Waals surface area contributed by atoms with E-state index in [1.54, 1.807) is 0 Å². The maximum atomic E-state index is 5.88. The van der Waals surface area contributed by atoms with Gasteiger partial charge in [-0.15, -0.1) is 11.3 Å². The Hall–Kier alpha value is -1.52. The zero-order valence-electron chi connectivity index (χ0n) is 8.84. The summed E-state index contributed by atoms with van der Waals surface area (Å²) in [5.41, 5.74) is 0.903. The second kappa shape index (κ2) is 4.39. The number of rotatable bonds is 3. The average molecular weight is 265 g/mol. The zero-order chi connectivity index (χ0) is 11.7. The molecule has 0 aliphatic heterocycles. The largest absolute Gasteiger partial charge is 0.355 e. The van der Waals surface area contributed by atoms with Gasteiger partial charge in [-0.1, -0.05) is 16.8 Å². The molecule has 0 saturated heterocycles. The molecule has 0 aromatic carbocycles. The maximum absolute atomic E-state index is 5.88. The predicted octanol–water partition coefficient (Wildman–Crippen LogP) is 3.91. The van der Waals surface area contributed by atoms with Gasteiger partial charge in [-0.25, -0.2) is 0 Å². The Morgan fingerprint density at radius 3 is 2.82 bits per heavy atom. The molecule has 0 unspecified atom stereocenters. The number of hydrogen-bond donors (Lipinski definition) is 0. The molecule has 86 valence electrons. The van der Waals surface area contributed by atoms with Crippen LogP contribution < -0.4 is 0 Å². The zero-order valence-corrected chi connectivity index (χ0v) is 10.4. The van der Waals surface area contributed by atoms with Crippen molar-refractivity contribution in [2.45, 2.75) is 6.54 Å². The van der Waals surface area contributed by atoms with Crippen molar-refractivity contribution in [1.29, 1.82) is 0 Å². The van der Waals surface area contributed by atoms with E-state index in [0.29, 0.717) is 0 Å². The van der Waals surface area contributed by atoms with Crippen molar-refractivity contribution in [2.24, 2.45) is 0 Å². The second-order valence-electron chi connectivity index (χ2n) is 3.64. The van der Waals surface area contributed by atoms with Gasteiger partial charge in [0.2, 0.25) is 0 Å². The molecular weight excluding hydrogens is 256 g/mol.